The molecular weight excluding hydrogens is 296 g/mol. The van der Waals surface area contributed by atoms with E-state index >= 15 is 0 Å². The van der Waals surface area contributed by atoms with Crippen LogP contribution in [0.15, 0.2) is 43.5 Å². The summed E-state index contributed by atoms with van der Waals surface area (Å²) in [5.41, 5.74) is 0.865. The first-order valence-electron chi connectivity index (χ1n) is 7.95. The third-order valence-corrected chi connectivity index (χ3v) is 4.33. The smallest absolute Gasteiger partial charge is 0.276 e. The lowest BCUT2D eigenvalue weighted by atomic mass is 9.93. The molecule has 0 spiro atoms. The molecule has 124 valence electrons. The van der Waals surface area contributed by atoms with E-state index in [1.165, 1.54) is 18.2 Å². The molecule has 1 heterocycles. The number of likely N-dealkylation sites (tertiary alicyclic amines) is 1. The Balaban J connectivity index is 2.27. The van der Waals surface area contributed by atoms with Crippen molar-refractivity contribution >= 4 is 5.91 Å². The van der Waals surface area contributed by atoms with Crippen LogP contribution < -0.4 is 0 Å². The van der Waals surface area contributed by atoms with E-state index in [1.807, 2.05) is 0 Å². The fraction of sp³-hybridized carbons (Fsp3) is 0.421. The van der Waals surface area contributed by atoms with Crippen molar-refractivity contribution in [3.63, 3.8) is 0 Å². The topological polar surface area (TPSA) is 20.3 Å². The normalized spacial score (nSPS) is 15.2. The number of nitrogens with zero attached hydrogens (tertiary/aromatic N) is 1. The van der Waals surface area contributed by atoms with Crippen LogP contribution in [0.2, 0.25) is 0 Å². The van der Waals surface area contributed by atoms with Gasteiger partial charge in [-0.1, -0.05) is 25.1 Å². The second kappa shape index (κ2) is 7.07. The summed E-state index contributed by atoms with van der Waals surface area (Å²) in [6, 6.07) is 4.45. The first kappa shape index (κ1) is 17.4. The van der Waals surface area contributed by atoms with E-state index in [0.29, 0.717) is 23.5 Å². The summed E-state index contributed by atoms with van der Waals surface area (Å²) in [7, 11) is 0. The van der Waals surface area contributed by atoms with Crippen LogP contribution in [0.25, 0.3) is 0 Å². The predicted octanol–water partition coefficient (Wildman–Crippen LogP) is 4.57. The van der Waals surface area contributed by atoms with Crippen LogP contribution in [0.1, 0.15) is 41.3 Å². The van der Waals surface area contributed by atoms with Gasteiger partial charge in [0.15, 0.2) is 0 Å². The first-order chi connectivity index (χ1) is 10.9. The third kappa shape index (κ3) is 3.69. The molecule has 0 bridgehead atoms. The quantitative estimate of drug-likeness (QED) is 0.674. The molecule has 23 heavy (non-hydrogen) atoms. The van der Waals surface area contributed by atoms with Gasteiger partial charge in [0.25, 0.3) is 11.8 Å². The number of carbonyl (C=O) groups is 1. The lowest BCUT2D eigenvalue weighted by molar-refractivity contribution is -0.00169. The Morgan fingerprint density at radius 1 is 1.35 bits per heavy atom. The monoisotopic (exact) mass is 319 g/mol. The number of alkyl halides is 2. The number of hydrogen-bond acceptors (Lipinski definition) is 1. The highest BCUT2D eigenvalue weighted by Gasteiger charge is 2.34. The van der Waals surface area contributed by atoms with Crippen molar-refractivity contribution in [2.75, 3.05) is 13.1 Å². The van der Waals surface area contributed by atoms with Crippen molar-refractivity contribution in [1.29, 1.82) is 0 Å². The van der Waals surface area contributed by atoms with Gasteiger partial charge in [-0.15, -0.1) is 13.2 Å². The lowest BCUT2D eigenvalue weighted by Crippen LogP contribution is -2.49. The van der Waals surface area contributed by atoms with Crippen molar-refractivity contribution < 1.29 is 13.6 Å². The molecule has 0 unspecified atom stereocenters. The van der Waals surface area contributed by atoms with Gasteiger partial charge in [0.05, 0.1) is 0 Å². The molecule has 1 amide bonds. The average Bonchev–Trinajstić information content (AvgIpc) is 2.46. The minimum atomic E-state index is -2.98. The maximum absolute atomic E-state index is 14.2. The summed E-state index contributed by atoms with van der Waals surface area (Å²) in [6.45, 7) is 10.6. The lowest BCUT2D eigenvalue weighted by Gasteiger charge is -2.39. The molecule has 1 saturated heterocycles. The SMILES string of the molecule is C=CCc1cc(C(=O)N2CC(CC)C2)ccc1C(F)(F)CC=C. The zero-order chi connectivity index (χ0) is 17.0. The Kier molecular flexibility index (Phi) is 5.34. The maximum Gasteiger partial charge on any atom is 0.276 e. The van der Waals surface area contributed by atoms with Crippen LogP contribution in [-0.4, -0.2) is 23.9 Å². The van der Waals surface area contributed by atoms with Crippen LogP contribution in [0.3, 0.4) is 0 Å². The van der Waals surface area contributed by atoms with E-state index in [2.05, 4.69) is 20.1 Å². The van der Waals surface area contributed by atoms with Gasteiger partial charge >= 0.3 is 0 Å². The van der Waals surface area contributed by atoms with E-state index in [-0.39, 0.29) is 11.5 Å². The van der Waals surface area contributed by atoms with Crippen LogP contribution in [0.5, 0.6) is 0 Å². The Labute approximate surface area is 136 Å². The molecule has 0 atom stereocenters. The Bertz CT molecular complexity index is 603. The summed E-state index contributed by atoms with van der Waals surface area (Å²) >= 11 is 0. The molecule has 0 radical (unpaired) electrons. The number of carbonyl (C=O) groups excluding carboxylic acids is 1. The van der Waals surface area contributed by atoms with E-state index in [4.69, 9.17) is 0 Å². The zero-order valence-corrected chi connectivity index (χ0v) is 13.5. The molecule has 4 heteroatoms. The molecule has 1 fully saturated rings. The van der Waals surface area contributed by atoms with Gasteiger partial charge in [-0.3, -0.25) is 4.79 Å². The molecule has 0 aliphatic carbocycles. The largest absolute Gasteiger partial charge is 0.338 e. The minimum absolute atomic E-state index is 0.0519. The number of allylic oxidation sites excluding steroid dienone is 2. The van der Waals surface area contributed by atoms with Gasteiger partial charge < -0.3 is 4.90 Å². The molecule has 0 aromatic heterocycles. The summed E-state index contributed by atoms with van der Waals surface area (Å²) in [5.74, 6) is -2.51. The van der Waals surface area contributed by atoms with Crippen LogP contribution in [0, 0.1) is 5.92 Å². The molecule has 0 saturated carbocycles. The predicted molar refractivity (Wildman–Crippen MR) is 88.7 cm³/mol. The summed E-state index contributed by atoms with van der Waals surface area (Å²) in [4.78, 5) is 14.2. The van der Waals surface area contributed by atoms with Crippen molar-refractivity contribution in [2.24, 2.45) is 5.92 Å². The summed E-state index contributed by atoms with van der Waals surface area (Å²) in [5, 5.41) is 0. The van der Waals surface area contributed by atoms with Crippen LogP contribution in [-0.2, 0) is 12.3 Å². The van der Waals surface area contributed by atoms with E-state index < -0.39 is 12.3 Å². The zero-order valence-electron chi connectivity index (χ0n) is 13.5. The fourth-order valence-electron chi connectivity index (χ4n) is 2.88. The fourth-order valence-corrected chi connectivity index (χ4v) is 2.88. The molecular formula is C19H23F2NO. The minimum Gasteiger partial charge on any atom is -0.338 e. The highest BCUT2D eigenvalue weighted by atomic mass is 19.3. The molecule has 0 N–H and O–H groups in total. The molecule has 1 aliphatic heterocycles. The molecule has 2 nitrogen and oxygen atoms in total. The van der Waals surface area contributed by atoms with E-state index in [1.54, 1.807) is 17.0 Å². The third-order valence-electron chi connectivity index (χ3n) is 4.33. The second-order valence-electron chi connectivity index (χ2n) is 6.05. The maximum atomic E-state index is 14.2. The number of amides is 1. The number of benzene rings is 1. The second-order valence-corrected chi connectivity index (χ2v) is 6.05. The summed E-state index contributed by atoms with van der Waals surface area (Å²) in [6.07, 6.45) is 3.73. The average molecular weight is 319 g/mol. The molecule has 2 rings (SSSR count). The Morgan fingerprint density at radius 2 is 2.04 bits per heavy atom. The Morgan fingerprint density at radius 3 is 2.61 bits per heavy atom. The van der Waals surface area contributed by atoms with Gasteiger partial charge in [-0.25, -0.2) is 8.78 Å². The van der Waals surface area contributed by atoms with Crippen LogP contribution in [0.4, 0.5) is 8.78 Å². The van der Waals surface area contributed by atoms with Crippen molar-refractivity contribution in [3.05, 3.63) is 60.2 Å². The van der Waals surface area contributed by atoms with Gasteiger partial charge in [-0.2, -0.15) is 0 Å². The van der Waals surface area contributed by atoms with Gasteiger partial charge in [0.1, 0.15) is 0 Å². The standard InChI is InChI=1S/C19H23F2NO/c1-4-7-15-11-16(18(23)22-12-14(6-3)13-22)8-9-17(15)19(20,21)10-5-2/h4-5,8-9,11,14H,1-2,6-7,10,12-13H2,3H3. The van der Waals surface area contributed by atoms with E-state index in [9.17, 15) is 13.6 Å². The highest BCUT2D eigenvalue weighted by molar-refractivity contribution is 5.95. The molecule has 1 aliphatic rings. The number of hydrogen-bond donors (Lipinski definition) is 0. The van der Waals surface area contributed by atoms with Gasteiger partial charge in [0.2, 0.25) is 0 Å². The first-order valence-corrected chi connectivity index (χ1v) is 7.95. The van der Waals surface area contributed by atoms with Gasteiger partial charge in [-0.05, 0) is 36.5 Å². The summed E-state index contributed by atoms with van der Waals surface area (Å²) < 4.78 is 28.4. The van der Waals surface area contributed by atoms with E-state index in [0.717, 1.165) is 19.5 Å². The molecule has 1 aromatic carbocycles. The number of rotatable bonds is 7. The van der Waals surface area contributed by atoms with Crippen molar-refractivity contribution in [2.45, 2.75) is 32.1 Å². The van der Waals surface area contributed by atoms with Gasteiger partial charge in [0, 0.05) is 30.6 Å². The van der Waals surface area contributed by atoms with Crippen molar-refractivity contribution in [3.8, 4) is 0 Å². The highest BCUT2D eigenvalue weighted by Crippen LogP contribution is 2.35. The van der Waals surface area contributed by atoms with Crippen molar-refractivity contribution in [1.82, 2.24) is 4.90 Å². The molecule has 1 aromatic rings. The van der Waals surface area contributed by atoms with Crippen LogP contribution >= 0.6 is 0 Å². The number of halogens is 2. The Hall–Kier alpha value is -1.97.